The molecular weight excluding hydrogens is 598 g/mol. The zero-order valence-electron chi connectivity index (χ0n) is 23.0. The van der Waals surface area contributed by atoms with Crippen molar-refractivity contribution in [3.63, 3.8) is 0 Å². The number of nitrogens with one attached hydrogen (secondary N) is 1. The smallest absolute Gasteiger partial charge is 0.276 e. The average Bonchev–Trinajstić information content (AvgIpc) is 3.72. The summed E-state index contributed by atoms with van der Waals surface area (Å²) in [6, 6.07) is 8.34. The number of benzene rings is 2. The van der Waals surface area contributed by atoms with E-state index in [0.29, 0.717) is 24.5 Å². The molecule has 4 aliphatic rings. The predicted octanol–water partition coefficient (Wildman–Crippen LogP) is 4.21. The third-order valence-corrected chi connectivity index (χ3v) is 11.2. The van der Waals surface area contributed by atoms with Crippen LogP contribution in [0.25, 0.3) is 0 Å². The summed E-state index contributed by atoms with van der Waals surface area (Å²) in [5, 5.41) is 15.0. The molecular formula is C29H36BrN3O6S. The van der Waals surface area contributed by atoms with E-state index in [2.05, 4.69) is 43.8 Å². The molecule has 0 saturated heterocycles. The summed E-state index contributed by atoms with van der Waals surface area (Å²) < 4.78 is 44.3. The van der Waals surface area contributed by atoms with Crippen LogP contribution in [0.5, 0.6) is 17.2 Å². The lowest BCUT2D eigenvalue weighted by Gasteiger charge is -2.45. The first-order chi connectivity index (χ1) is 19.2. The zero-order valence-corrected chi connectivity index (χ0v) is 25.4. The van der Waals surface area contributed by atoms with Gasteiger partial charge in [0.2, 0.25) is 0 Å². The van der Waals surface area contributed by atoms with Crippen molar-refractivity contribution in [2.24, 2.45) is 16.9 Å². The van der Waals surface area contributed by atoms with Crippen molar-refractivity contribution < 1.29 is 27.7 Å². The van der Waals surface area contributed by atoms with E-state index in [0.717, 1.165) is 41.2 Å². The molecule has 40 heavy (non-hydrogen) atoms. The first-order valence-corrected chi connectivity index (χ1v) is 16.1. The van der Waals surface area contributed by atoms with Crippen LogP contribution in [-0.4, -0.2) is 63.7 Å². The van der Waals surface area contributed by atoms with E-state index in [1.54, 1.807) is 19.2 Å². The minimum absolute atomic E-state index is 0.00401. The van der Waals surface area contributed by atoms with Gasteiger partial charge in [0, 0.05) is 42.2 Å². The summed E-state index contributed by atoms with van der Waals surface area (Å²) in [7, 11) is -0.643. The van der Waals surface area contributed by atoms with Crippen molar-refractivity contribution in [3.05, 3.63) is 45.9 Å². The monoisotopic (exact) mass is 633 g/mol. The Bertz CT molecular complexity index is 1430. The second-order valence-electron chi connectivity index (χ2n) is 11.6. The van der Waals surface area contributed by atoms with Crippen molar-refractivity contribution in [1.29, 1.82) is 0 Å². The fourth-order valence-electron chi connectivity index (χ4n) is 6.94. The molecule has 2 aliphatic carbocycles. The number of halogens is 1. The van der Waals surface area contributed by atoms with Gasteiger partial charge >= 0.3 is 0 Å². The average molecular weight is 635 g/mol. The Morgan fingerprint density at radius 1 is 1.20 bits per heavy atom. The van der Waals surface area contributed by atoms with Crippen LogP contribution in [0, 0.1) is 11.8 Å². The second-order valence-corrected chi connectivity index (χ2v) is 14.0. The lowest BCUT2D eigenvalue weighted by atomic mass is 9.59. The van der Waals surface area contributed by atoms with Crippen LogP contribution < -0.4 is 19.0 Å². The molecule has 9 nitrogen and oxygen atoms in total. The number of hydrazone groups is 1. The molecule has 6 rings (SSSR count). The van der Waals surface area contributed by atoms with E-state index < -0.39 is 10.0 Å². The van der Waals surface area contributed by atoms with Gasteiger partial charge in [0.25, 0.3) is 10.0 Å². The van der Waals surface area contributed by atoms with Gasteiger partial charge in [-0.25, -0.2) is 4.83 Å². The van der Waals surface area contributed by atoms with E-state index in [1.165, 1.54) is 43.2 Å². The maximum absolute atomic E-state index is 13.0. The largest absolute Gasteiger partial charge is 0.497 e. The molecule has 0 aromatic heterocycles. The highest BCUT2D eigenvalue weighted by Crippen LogP contribution is 2.61. The maximum Gasteiger partial charge on any atom is 0.276 e. The fraction of sp³-hybridized carbons (Fsp3) is 0.552. The quantitative estimate of drug-likeness (QED) is 0.419. The molecule has 0 unspecified atom stereocenters. The van der Waals surface area contributed by atoms with Crippen LogP contribution in [0.1, 0.15) is 50.2 Å². The summed E-state index contributed by atoms with van der Waals surface area (Å²) in [5.74, 6) is 2.91. The van der Waals surface area contributed by atoms with Gasteiger partial charge in [-0.1, -0.05) is 6.92 Å². The number of nitrogens with zero attached hydrogens (tertiary/aromatic N) is 2. The van der Waals surface area contributed by atoms with E-state index >= 15 is 0 Å². The van der Waals surface area contributed by atoms with Crippen molar-refractivity contribution in [2.75, 3.05) is 27.4 Å². The molecule has 0 bridgehead atoms. The van der Waals surface area contributed by atoms with E-state index in [1.807, 2.05) is 0 Å². The molecule has 2 aromatic carbocycles. The number of sulfonamides is 1. The lowest BCUT2D eigenvalue weighted by Crippen LogP contribution is -2.53. The summed E-state index contributed by atoms with van der Waals surface area (Å²) in [6.45, 7) is 4.00. The van der Waals surface area contributed by atoms with E-state index in [4.69, 9.17) is 14.2 Å². The highest BCUT2D eigenvalue weighted by Gasteiger charge is 2.59. The van der Waals surface area contributed by atoms with E-state index in [9.17, 15) is 13.5 Å². The minimum atomic E-state index is -3.84. The molecule has 0 amide bonds. The third kappa shape index (κ3) is 4.68. The van der Waals surface area contributed by atoms with Crippen LogP contribution in [0.15, 0.2) is 44.8 Å². The number of rotatable bonds is 8. The molecule has 1 spiro atoms. The number of hydrogen-bond acceptors (Lipinski definition) is 8. The van der Waals surface area contributed by atoms with Gasteiger partial charge in [-0.3, -0.25) is 4.90 Å². The molecule has 2 heterocycles. The van der Waals surface area contributed by atoms with Crippen molar-refractivity contribution in [3.8, 4) is 17.2 Å². The Morgan fingerprint density at radius 3 is 2.60 bits per heavy atom. The molecule has 11 heteroatoms. The topological polar surface area (TPSA) is 110 Å². The van der Waals surface area contributed by atoms with Gasteiger partial charge in [0.1, 0.15) is 27.8 Å². The van der Waals surface area contributed by atoms with Crippen LogP contribution in [0.2, 0.25) is 0 Å². The highest BCUT2D eigenvalue weighted by molar-refractivity contribution is 9.10. The SMILES string of the molecule is COc1ccc(S(=O)(=O)NN=C2C[C@@H](C)[C@]34C[C@@H](CO)N(CC5CC5)Cc5cc(OC)c(Br)c(c53)O[C@@H]4C2)cc1. The normalized spacial score (nSPS) is 28.8. The number of aliphatic hydroxyl groups excluding tert-OH is 1. The lowest BCUT2D eigenvalue weighted by molar-refractivity contribution is 0.0401. The molecule has 0 radical (unpaired) electrons. The number of ether oxygens (including phenoxy) is 3. The van der Waals surface area contributed by atoms with Gasteiger partial charge in [0.15, 0.2) is 0 Å². The number of hydrogen-bond donors (Lipinski definition) is 2. The van der Waals surface area contributed by atoms with Crippen LogP contribution in [0.3, 0.4) is 0 Å². The minimum Gasteiger partial charge on any atom is -0.497 e. The molecule has 4 atom stereocenters. The van der Waals surface area contributed by atoms with Gasteiger partial charge in [-0.15, -0.1) is 0 Å². The summed E-state index contributed by atoms with van der Waals surface area (Å²) in [6.07, 6.45) is 4.12. The third-order valence-electron chi connectivity index (χ3n) is 9.19. The number of aliphatic hydroxyl groups is 1. The second kappa shape index (κ2) is 10.5. The molecule has 2 saturated carbocycles. The Morgan fingerprint density at radius 2 is 1.95 bits per heavy atom. The van der Waals surface area contributed by atoms with Crippen LogP contribution in [0.4, 0.5) is 0 Å². The Labute approximate surface area is 244 Å². The maximum atomic E-state index is 13.0. The first kappa shape index (κ1) is 27.8. The molecule has 216 valence electrons. The fourth-order valence-corrected chi connectivity index (χ4v) is 8.35. The summed E-state index contributed by atoms with van der Waals surface area (Å²) in [5.41, 5.74) is 2.80. The predicted molar refractivity (Wildman–Crippen MR) is 155 cm³/mol. The molecule has 2 fully saturated rings. The molecule has 2 aliphatic heterocycles. The van der Waals surface area contributed by atoms with Gasteiger partial charge in [-0.05, 0) is 89.3 Å². The zero-order chi connectivity index (χ0) is 28.2. The van der Waals surface area contributed by atoms with Gasteiger partial charge in [-0.2, -0.15) is 13.5 Å². The van der Waals surface area contributed by atoms with Gasteiger partial charge in [0.05, 0.1) is 25.7 Å². The van der Waals surface area contributed by atoms with Crippen molar-refractivity contribution in [2.45, 2.75) is 68.0 Å². The Hall–Kier alpha value is -2.34. The van der Waals surface area contributed by atoms with Gasteiger partial charge < -0.3 is 19.3 Å². The number of methoxy groups -OCH3 is 2. The van der Waals surface area contributed by atoms with Crippen molar-refractivity contribution in [1.82, 2.24) is 9.73 Å². The highest BCUT2D eigenvalue weighted by atomic mass is 79.9. The first-order valence-electron chi connectivity index (χ1n) is 13.8. The standard InChI is InChI=1S/C29H36BrN3O6S/c1-17-10-20(31-32-40(35,36)23-8-6-22(37-2)7-9-23)12-25-29(17)13-21(16-34)33(14-18-4-5-18)15-19-11-24(38-3)27(30)28(39-25)26(19)29/h6-9,11,17-18,21,25,32,34H,4-5,10,12-16H2,1-3H3/t17-,21+,25-,29+/m1/s1. The molecule has 2 N–H and O–H groups in total. The Balaban J connectivity index is 1.34. The van der Waals surface area contributed by atoms with Crippen molar-refractivity contribution >= 4 is 31.7 Å². The van der Waals surface area contributed by atoms with Crippen LogP contribution >= 0.6 is 15.9 Å². The summed E-state index contributed by atoms with van der Waals surface area (Å²) in [4.78, 5) is 5.01. The Kier molecular flexibility index (Phi) is 7.29. The van der Waals surface area contributed by atoms with Crippen LogP contribution in [-0.2, 0) is 22.0 Å². The van der Waals surface area contributed by atoms with E-state index in [-0.39, 0.29) is 35.0 Å². The molecule has 2 aromatic rings. The summed E-state index contributed by atoms with van der Waals surface area (Å²) >= 11 is 3.75.